The summed E-state index contributed by atoms with van der Waals surface area (Å²) in [5.41, 5.74) is 3.86. The molecule has 36 heavy (non-hydrogen) atoms. The van der Waals surface area contributed by atoms with Crippen LogP contribution in [0.2, 0.25) is 0 Å². The molecule has 0 N–H and O–H groups in total. The van der Waals surface area contributed by atoms with Gasteiger partial charge < -0.3 is 14.5 Å². The summed E-state index contributed by atoms with van der Waals surface area (Å²) < 4.78 is 5.64. The van der Waals surface area contributed by atoms with Crippen molar-refractivity contribution in [3.8, 4) is 5.75 Å². The third-order valence-electron chi connectivity index (χ3n) is 7.19. The minimum absolute atomic E-state index is 0.0207. The number of fused-ring (bicyclic) bond motifs is 1. The van der Waals surface area contributed by atoms with Gasteiger partial charge in [-0.25, -0.2) is 0 Å². The maximum absolute atomic E-state index is 13.5. The van der Waals surface area contributed by atoms with Gasteiger partial charge in [0.2, 0.25) is 5.91 Å². The molecular formula is C29H33N3O3S. The number of hydrogen-bond donors (Lipinski definition) is 0. The van der Waals surface area contributed by atoms with Crippen molar-refractivity contribution in [1.82, 2.24) is 14.7 Å². The highest BCUT2D eigenvalue weighted by atomic mass is 32.1. The highest BCUT2D eigenvalue weighted by Gasteiger charge is 2.33. The summed E-state index contributed by atoms with van der Waals surface area (Å²) in [7, 11) is 0. The molecule has 1 fully saturated rings. The van der Waals surface area contributed by atoms with Crippen molar-refractivity contribution in [2.45, 2.75) is 25.8 Å². The Morgan fingerprint density at radius 1 is 0.861 bits per heavy atom. The Morgan fingerprint density at radius 2 is 1.58 bits per heavy atom. The highest BCUT2D eigenvalue weighted by Crippen LogP contribution is 2.38. The molecule has 3 aromatic rings. The third kappa shape index (κ3) is 5.47. The van der Waals surface area contributed by atoms with E-state index < -0.39 is 0 Å². The molecular weight excluding hydrogens is 470 g/mol. The maximum Gasteiger partial charge on any atom is 0.260 e. The van der Waals surface area contributed by atoms with Crippen LogP contribution in [-0.2, 0) is 16.0 Å². The van der Waals surface area contributed by atoms with Crippen molar-refractivity contribution in [2.75, 3.05) is 45.9 Å². The zero-order valence-corrected chi connectivity index (χ0v) is 21.6. The Labute approximate surface area is 217 Å². The molecule has 0 aliphatic carbocycles. The number of hydrogen-bond acceptors (Lipinski definition) is 5. The molecule has 6 nitrogen and oxygen atoms in total. The lowest BCUT2D eigenvalue weighted by Crippen LogP contribution is -2.46. The molecule has 1 atom stereocenters. The van der Waals surface area contributed by atoms with Gasteiger partial charge in [-0.3, -0.25) is 14.5 Å². The Kier molecular flexibility index (Phi) is 7.68. The molecule has 3 heterocycles. The molecule has 0 spiro atoms. The number of rotatable bonds is 6. The van der Waals surface area contributed by atoms with Gasteiger partial charge in [0.15, 0.2) is 6.61 Å². The van der Waals surface area contributed by atoms with E-state index in [-0.39, 0.29) is 24.5 Å². The first-order valence-electron chi connectivity index (χ1n) is 12.7. The third-order valence-corrected chi connectivity index (χ3v) is 8.19. The normalized spacial score (nSPS) is 18.4. The predicted octanol–water partition coefficient (Wildman–Crippen LogP) is 4.14. The summed E-state index contributed by atoms with van der Waals surface area (Å²) in [4.78, 5) is 33.7. The zero-order valence-electron chi connectivity index (χ0n) is 20.8. The quantitative estimate of drug-likeness (QED) is 0.507. The van der Waals surface area contributed by atoms with Gasteiger partial charge >= 0.3 is 0 Å². The van der Waals surface area contributed by atoms with E-state index in [1.165, 1.54) is 21.6 Å². The predicted molar refractivity (Wildman–Crippen MR) is 142 cm³/mol. The van der Waals surface area contributed by atoms with Gasteiger partial charge in [0, 0.05) is 37.6 Å². The van der Waals surface area contributed by atoms with Crippen molar-refractivity contribution >= 4 is 23.2 Å². The average molecular weight is 504 g/mol. The number of nitrogens with zero attached hydrogens (tertiary/aromatic N) is 3. The molecule has 5 rings (SSSR count). The van der Waals surface area contributed by atoms with Crippen LogP contribution >= 0.6 is 11.3 Å². The number of aryl methyl sites for hydroxylation is 1. The molecule has 188 valence electrons. The SMILES string of the molecule is Cc1ccccc1[C@@H]1c2ccsc2CCN1CC(=O)N1CCCN(C(=O)COc2ccccc2)CC1. The fraction of sp³-hybridized carbons (Fsp3) is 0.379. The highest BCUT2D eigenvalue weighted by molar-refractivity contribution is 7.10. The molecule has 7 heteroatoms. The van der Waals surface area contributed by atoms with Gasteiger partial charge in [-0.15, -0.1) is 11.3 Å². The summed E-state index contributed by atoms with van der Waals surface area (Å²) in [6.07, 6.45) is 1.76. The molecule has 2 aliphatic heterocycles. The summed E-state index contributed by atoms with van der Waals surface area (Å²) >= 11 is 1.82. The van der Waals surface area contributed by atoms with Crippen molar-refractivity contribution in [3.05, 3.63) is 87.6 Å². The summed E-state index contributed by atoms with van der Waals surface area (Å²) in [5.74, 6) is 0.798. The molecule has 2 aromatic carbocycles. The van der Waals surface area contributed by atoms with Crippen molar-refractivity contribution in [3.63, 3.8) is 0 Å². The summed E-state index contributed by atoms with van der Waals surface area (Å²) in [6.45, 7) is 5.85. The van der Waals surface area contributed by atoms with Crippen LogP contribution in [0.4, 0.5) is 0 Å². The molecule has 0 unspecified atom stereocenters. The van der Waals surface area contributed by atoms with Crippen LogP contribution in [0.1, 0.15) is 34.0 Å². The fourth-order valence-corrected chi connectivity index (χ4v) is 6.14. The average Bonchev–Trinajstić information content (AvgIpc) is 3.24. The van der Waals surface area contributed by atoms with E-state index in [0.29, 0.717) is 38.5 Å². The Morgan fingerprint density at radius 3 is 2.36 bits per heavy atom. The van der Waals surface area contributed by atoms with E-state index in [0.717, 1.165) is 19.4 Å². The van der Waals surface area contributed by atoms with E-state index in [4.69, 9.17) is 4.74 Å². The number of para-hydroxylation sites is 1. The fourth-order valence-electron chi connectivity index (χ4n) is 5.24. The summed E-state index contributed by atoms with van der Waals surface area (Å²) in [5, 5.41) is 2.17. The first kappa shape index (κ1) is 24.5. The van der Waals surface area contributed by atoms with E-state index in [1.54, 1.807) is 0 Å². The molecule has 2 aliphatic rings. The number of ether oxygens (including phenoxy) is 1. The molecule has 0 saturated carbocycles. The molecule has 0 radical (unpaired) electrons. The summed E-state index contributed by atoms with van der Waals surface area (Å²) in [6, 6.07) is 20.2. The Bertz CT molecular complexity index is 1200. The lowest BCUT2D eigenvalue weighted by Gasteiger charge is -2.37. The van der Waals surface area contributed by atoms with Crippen LogP contribution in [0, 0.1) is 6.92 Å². The van der Waals surface area contributed by atoms with E-state index in [1.807, 2.05) is 51.5 Å². The van der Waals surface area contributed by atoms with Gasteiger partial charge in [-0.1, -0.05) is 42.5 Å². The number of amides is 2. The monoisotopic (exact) mass is 503 g/mol. The number of thiophene rings is 1. The second-order valence-electron chi connectivity index (χ2n) is 9.50. The largest absolute Gasteiger partial charge is 0.484 e. The smallest absolute Gasteiger partial charge is 0.260 e. The Hall–Kier alpha value is -3.16. The van der Waals surface area contributed by atoms with Gasteiger partial charge in [0.25, 0.3) is 5.91 Å². The van der Waals surface area contributed by atoms with Gasteiger partial charge in [0.05, 0.1) is 12.6 Å². The molecule has 1 aromatic heterocycles. The maximum atomic E-state index is 13.5. The van der Waals surface area contributed by atoms with Gasteiger partial charge in [0.1, 0.15) is 5.75 Å². The van der Waals surface area contributed by atoms with Crippen molar-refractivity contribution in [2.24, 2.45) is 0 Å². The van der Waals surface area contributed by atoms with Crippen LogP contribution in [0.25, 0.3) is 0 Å². The van der Waals surface area contributed by atoms with E-state index in [9.17, 15) is 9.59 Å². The minimum Gasteiger partial charge on any atom is -0.484 e. The molecule has 1 saturated heterocycles. The van der Waals surface area contributed by atoms with Crippen LogP contribution in [0.3, 0.4) is 0 Å². The first-order chi connectivity index (χ1) is 17.6. The van der Waals surface area contributed by atoms with Gasteiger partial charge in [-0.05, 0) is 60.0 Å². The second kappa shape index (κ2) is 11.3. The van der Waals surface area contributed by atoms with E-state index in [2.05, 4.69) is 47.5 Å². The van der Waals surface area contributed by atoms with Crippen LogP contribution in [-0.4, -0.2) is 72.4 Å². The van der Waals surface area contributed by atoms with Crippen molar-refractivity contribution < 1.29 is 14.3 Å². The lowest BCUT2D eigenvalue weighted by molar-refractivity contribution is -0.135. The topological polar surface area (TPSA) is 53.1 Å². The van der Waals surface area contributed by atoms with E-state index >= 15 is 0 Å². The van der Waals surface area contributed by atoms with Crippen LogP contribution < -0.4 is 4.74 Å². The first-order valence-corrected chi connectivity index (χ1v) is 13.6. The van der Waals surface area contributed by atoms with Crippen molar-refractivity contribution in [1.29, 1.82) is 0 Å². The zero-order chi connectivity index (χ0) is 24.9. The second-order valence-corrected chi connectivity index (χ2v) is 10.5. The minimum atomic E-state index is -0.0335. The van der Waals surface area contributed by atoms with Crippen LogP contribution in [0.5, 0.6) is 5.75 Å². The molecule has 0 bridgehead atoms. The van der Waals surface area contributed by atoms with Gasteiger partial charge in [-0.2, -0.15) is 0 Å². The number of carbonyl (C=O) groups excluding carboxylic acids is 2. The number of carbonyl (C=O) groups is 2. The Balaban J connectivity index is 1.21. The van der Waals surface area contributed by atoms with Crippen LogP contribution in [0.15, 0.2) is 66.0 Å². The standard InChI is InChI=1S/C29H33N3O3S/c1-22-8-5-6-11-24(22)29-25-13-19-36-26(25)12-16-32(29)20-27(33)30-14-7-15-31(18-17-30)28(34)21-35-23-9-3-2-4-10-23/h2-6,8-11,13,19,29H,7,12,14-18,20-21H2,1H3/t29-/m1/s1. The number of benzene rings is 2. The molecule has 2 amide bonds. The lowest BCUT2D eigenvalue weighted by atomic mass is 9.90.